The summed E-state index contributed by atoms with van der Waals surface area (Å²) >= 11 is 0. The predicted molar refractivity (Wildman–Crippen MR) is 135 cm³/mol. The van der Waals surface area contributed by atoms with Gasteiger partial charge in [0.15, 0.2) is 0 Å². The van der Waals surface area contributed by atoms with Crippen molar-refractivity contribution in [3.63, 3.8) is 0 Å². The summed E-state index contributed by atoms with van der Waals surface area (Å²) in [4.78, 5) is 0. The molecule has 1 aliphatic heterocycles. The minimum atomic E-state index is -0.308. The Morgan fingerprint density at radius 2 is 1.32 bits per heavy atom. The fraction of sp³-hybridized carbons (Fsp3) is 0.552. The molecule has 0 amide bonds. The van der Waals surface area contributed by atoms with Crippen LogP contribution in [0.1, 0.15) is 81.8 Å². The molecule has 1 aliphatic carbocycles. The molecule has 2 aromatic rings. The Morgan fingerprint density at radius 3 is 1.87 bits per heavy atom. The van der Waals surface area contributed by atoms with E-state index >= 15 is 0 Å². The third-order valence-electron chi connectivity index (χ3n) is 8.22. The van der Waals surface area contributed by atoms with E-state index in [0.717, 1.165) is 23.3 Å². The minimum Gasteiger partial charge on any atom is -0.192 e. The molecular formula is C29H39NSi. The van der Waals surface area contributed by atoms with Crippen molar-refractivity contribution < 1.29 is 0 Å². The molecular weight excluding hydrogens is 390 g/mol. The summed E-state index contributed by atoms with van der Waals surface area (Å²) in [5.41, 5.74) is 4.69. The van der Waals surface area contributed by atoms with Crippen LogP contribution in [0.4, 0.5) is 0 Å². The fourth-order valence-corrected chi connectivity index (χ4v) is 9.73. The van der Waals surface area contributed by atoms with Crippen molar-refractivity contribution in [2.75, 3.05) is 0 Å². The predicted octanol–water partition coefficient (Wildman–Crippen LogP) is 8.33. The van der Waals surface area contributed by atoms with E-state index in [1.54, 1.807) is 31.0 Å². The molecule has 0 spiro atoms. The maximum absolute atomic E-state index is 8.98. The Hall–Kier alpha value is -1.85. The molecule has 0 bridgehead atoms. The molecule has 0 N–H and O–H groups in total. The molecule has 31 heavy (non-hydrogen) atoms. The topological polar surface area (TPSA) is 23.8 Å². The monoisotopic (exact) mass is 429 g/mol. The highest BCUT2D eigenvalue weighted by atomic mass is 28.3. The SMILES string of the molecule is CCC[Si@H]1CC[C@H](CCC2CCC(c3ccc(-c4ccc(C#N)cc4)cc3)CC2)CC1. The van der Waals surface area contributed by atoms with E-state index in [4.69, 9.17) is 5.26 Å². The van der Waals surface area contributed by atoms with Crippen molar-refractivity contribution in [2.45, 2.75) is 88.8 Å². The average molecular weight is 430 g/mol. The zero-order valence-electron chi connectivity index (χ0n) is 19.4. The van der Waals surface area contributed by atoms with Crippen molar-refractivity contribution in [1.29, 1.82) is 5.26 Å². The zero-order valence-corrected chi connectivity index (χ0v) is 20.5. The lowest BCUT2D eigenvalue weighted by molar-refractivity contribution is 0.280. The number of rotatable bonds is 7. The van der Waals surface area contributed by atoms with E-state index in [1.807, 2.05) is 12.1 Å². The van der Waals surface area contributed by atoms with Gasteiger partial charge in [-0.15, -0.1) is 0 Å². The molecule has 2 aliphatic rings. The fourth-order valence-electron chi connectivity index (χ4n) is 6.16. The van der Waals surface area contributed by atoms with Gasteiger partial charge in [0.25, 0.3) is 0 Å². The lowest BCUT2D eigenvalue weighted by atomic mass is 9.76. The first-order chi connectivity index (χ1) is 15.2. The second kappa shape index (κ2) is 11.1. The highest BCUT2D eigenvalue weighted by Crippen LogP contribution is 2.40. The number of hydrogen-bond donors (Lipinski definition) is 0. The van der Waals surface area contributed by atoms with Crippen LogP contribution in [-0.4, -0.2) is 8.80 Å². The van der Waals surface area contributed by atoms with Crippen LogP contribution < -0.4 is 0 Å². The molecule has 0 atom stereocenters. The van der Waals surface area contributed by atoms with Gasteiger partial charge in [-0.3, -0.25) is 0 Å². The lowest BCUT2D eigenvalue weighted by Gasteiger charge is -2.32. The average Bonchev–Trinajstić information content (AvgIpc) is 2.84. The molecule has 0 aromatic heterocycles. The van der Waals surface area contributed by atoms with Crippen molar-refractivity contribution in [3.05, 3.63) is 59.7 Å². The third-order valence-corrected chi connectivity index (χ3v) is 11.9. The van der Waals surface area contributed by atoms with Crippen LogP contribution in [0.3, 0.4) is 0 Å². The van der Waals surface area contributed by atoms with Crippen LogP contribution in [0.2, 0.25) is 18.1 Å². The molecule has 1 heterocycles. The molecule has 164 valence electrons. The van der Waals surface area contributed by atoms with Crippen molar-refractivity contribution >= 4 is 8.80 Å². The van der Waals surface area contributed by atoms with E-state index in [2.05, 4.69) is 49.4 Å². The van der Waals surface area contributed by atoms with Gasteiger partial charge < -0.3 is 0 Å². The van der Waals surface area contributed by atoms with Gasteiger partial charge in [-0.05, 0) is 72.3 Å². The summed E-state index contributed by atoms with van der Waals surface area (Å²) in [6.45, 7) is 2.37. The molecule has 1 saturated carbocycles. The van der Waals surface area contributed by atoms with Crippen LogP contribution in [0.15, 0.2) is 48.5 Å². The van der Waals surface area contributed by atoms with Crippen LogP contribution in [-0.2, 0) is 0 Å². The summed E-state index contributed by atoms with van der Waals surface area (Å²) in [5.74, 6) is 2.80. The third kappa shape index (κ3) is 6.10. The molecule has 4 rings (SSSR count). The van der Waals surface area contributed by atoms with Gasteiger partial charge in [-0.2, -0.15) is 5.26 Å². The van der Waals surface area contributed by atoms with Crippen LogP contribution >= 0.6 is 0 Å². The second-order valence-electron chi connectivity index (χ2n) is 10.3. The van der Waals surface area contributed by atoms with Gasteiger partial charge >= 0.3 is 0 Å². The largest absolute Gasteiger partial charge is 0.192 e. The molecule has 1 nitrogen and oxygen atoms in total. The van der Waals surface area contributed by atoms with E-state index in [-0.39, 0.29) is 8.80 Å². The quantitative estimate of drug-likeness (QED) is 0.406. The number of benzene rings is 2. The van der Waals surface area contributed by atoms with Gasteiger partial charge in [-0.1, -0.05) is 93.6 Å². The Labute approximate surface area is 191 Å². The molecule has 0 radical (unpaired) electrons. The molecule has 1 saturated heterocycles. The zero-order chi connectivity index (χ0) is 21.5. The van der Waals surface area contributed by atoms with Crippen LogP contribution in [0.5, 0.6) is 0 Å². The van der Waals surface area contributed by atoms with E-state index in [0.29, 0.717) is 0 Å². The normalized spacial score (nSPS) is 26.3. The second-order valence-corrected chi connectivity index (χ2v) is 13.7. The first-order valence-electron chi connectivity index (χ1n) is 12.9. The number of nitriles is 1. The van der Waals surface area contributed by atoms with E-state index in [1.165, 1.54) is 61.6 Å². The summed E-state index contributed by atoms with van der Waals surface area (Å²) in [7, 11) is -0.308. The Balaban J connectivity index is 1.21. The standard InChI is InChI=1S/C29H39NSi/c1-2-19-31-20-17-24(18-21-31)4-3-23-5-9-26(10-6-23)28-13-15-29(16-14-28)27-11-7-25(22-30)8-12-27/h7-8,11-16,23-24,26,31H,2-6,9-10,17-21H2,1H3/t23?,24-,26?,31-. The Bertz CT molecular complexity index is 832. The summed E-state index contributed by atoms with van der Waals surface area (Å²) in [6.07, 6.45) is 13.2. The summed E-state index contributed by atoms with van der Waals surface area (Å²) < 4.78 is 0. The van der Waals surface area contributed by atoms with Crippen LogP contribution in [0, 0.1) is 23.2 Å². The van der Waals surface area contributed by atoms with Gasteiger partial charge in [0.05, 0.1) is 11.6 Å². The maximum atomic E-state index is 8.98. The van der Waals surface area contributed by atoms with Gasteiger partial charge in [0.1, 0.15) is 0 Å². The van der Waals surface area contributed by atoms with Crippen molar-refractivity contribution in [1.82, 2.24) is 0 Å². The maximum Gasteiger partial charge on any atom is 0.0991 e. The minimum absolute atomic E-state index is 0.308. The van der Waals surface area contributed by atoms with Crippen molar-refractivity contribution in [3.8, 4) is 17.2 Å². The first-order valence-corrected chi connectivity index (χ1v) is 15.3. The van der Waals surface area contributed by atoms with Gasteiger partial charge in [0.2, 0.25) is 0 Å². The summed E-state index contributed by atoms with van der Waals surface area (Å²) in [5, 5.41) is 8.98. The molecule has 2 fully saturated rings. The highest BCUT2D eigenvalue weighted by molar-refractivity contribution is 6.58. The Kier molecular flexibility index (Phi) is 8.03. The summed E-state index contributed by atoms with van der Waals surface area (Å²) in [6, 6.07) is 24.2. The smallest absolute Gasteiger partial charge is 0.0991 e. The van der Waals surface area contributed by atoms with Gasteiger partial charge in [-0.25, -0.2) is 0 Å². The van der Waals surface area contributed by atoms with Crippen molar-refractivity contribution in [2.24, 2.45) is 11.8 Å². The van der Waals surface area contributed by atoms with Crippen LogP contribution in [0.25, 0.3) is 11.1 Å². The number of nitrogens with zero attached hydrogens (tertiary/aromatic N) is 1. The van der Waals surface area contributed by atoms with Gasteiger partial charge in [0, 0.05) is 8.80 Å². The molecule has 0 unspecified atom stereocenters. The Morgan fingerprint density at radius 1 is 0.774 bits per heavy atom. The van der Waals surface area contributed by atoms with E-state index in [9.17, 15) is 0 Å². The van der Waals surface area contributed by atoms with E-state index < -0.39 is 0 Å². The lowest BCUT2D eigenvalue weighted by Crippen LogP contribution is -2.22. The highest BCUT2D eigenvalue weighted by Gasteiger charge is 2.25. The molecule has 2 aromatic carbocycles. The molecule has 2 heteroatoms. The number of hydrogen-bond acceptors (Lipinski definition) is 1. The first kappa shape index (κ1) is 22.3.